The first kappa shape index (κ1) is 17.0. The molecule has 3 rings (SSSR count). The Kier molecular flexibility index (Phi) is 6.17. The summed E-state index contributed by atoms with van der Waals surface area (Å²) in [6, 6.07) is 0.421. The van der Waals surface area contributed by atoms with Crippen molar-refractivity contribution in [3.05, 3.63) is 0 Å². The van der Waals surface area contributed by atoms with Crippen LogP contribution in [0.4, 0.5) is 4.79 Å². The maximum absolute atomic E-state index is 12.1. The molecule has 2 aliphatic carbocycles. The van der Waals surface area contributed by atoms with Gasteiger partial charge in [0.15, 0.2) is 0 Å². The van der Waals surface area contributed by atoms with Crippen molar-refractivity contribution in [2.75, 3.05) is 33.3 Å². The lowest BCUT2D eigenvalue weighted by Gasteiger charge is -2.31. The van der Waals surface area contributed by atoms with Gasteiger partial charge in [-0.2, -0.15) is 0 Å². The molecular formula is C18H33N3O2. The minimum Gasteiger partial charge on any atom is -0.381 e. The highest BCUT2D eigenvalue weighted by Gasteiger charge is 2.35. The van der Waals surface area contributed by atoms with Crippen LogP contribution < -0.4 is 10.6 Å². The Hall–Kier alpha value is -0.810. The highest BCUT2D eigenvalue weighted by Crippen LogP contribution is 2.43. The molecule has 2 amide bonds. The van der Waals surface area contributed by atoms with Gasteiger partial charge in [0, 0.05) is 39.3 Å². The van der Waals surface area contributed by atoms with Gasteiger partial charge in [0.1, 0.15) is 0 Å². The number of methoxy groups -OCH3 is 1. The quantitative estimate of drug-likeness (QED) is 0.789. The molecule has 5 nitrogen and oxygen atoms in total. The summed E-state index contributed by atoms with van der Waals surface area (Å²) in [5.41, 5.74) is 0. The van der Waals surface area contributed by atoms with Crippen molar-refractivity contribution in [1.29, 1.82) is 0 Å². The Bertz CT molecular complexity index is 378. The Morgan fingerprint density at radius 2 is 1.87 bits per heavy atom. The van der Waals surface area contributed by atoms with Gasteiger partial charge in [0.2, 0.25) is 0 Å². The van der Waals surface area contributed by atoms with Gasteiger partial charge in [-0.05, 0) is 50.4 Å². The number of nitrogens with zero attached hydrogens (tertiary/aromatic N) is 1. The second-order valence-corrected chi connectivity index (χ2v) is 7.64. The first-order chi connectivity index (χ1) is 11.2. The average Bonchev–Trinajstić information content (AvgIpc) is 3.41. The first-order valence-electron chi connectivity index (χ1n) is 9.54. The lowest BCUT2D eigenvalue weighted by Crippen LogP contribution is -2.47. The van der Waals surface area contributed by atoms with E-state index in [9.17, 15) is 4.79 Å². The van der Waals surface area contributed by atoms with Crippen LogP contribution in [0.3, 0.4) is 0 Å². The number of carbonyl (C=O) groups excluding carboxylic acids is 1. The van der Waals surface area contributed by atoms with Gasteiger partial charge >= 0.3 is 6.03 Å². The number of rotatable bonds is 6. The molecule has 23 heavy (non-hydrogen) atoms. The molecule has 2 N–H and O–H groups in total. The number of amides is 2. The zero-order valence-electron chi connectivity index (χ0n) is 14.6. The fraction of sp³-hybridized carbons (Fsp3) is 0.944. The smallest absolute Gasteiger partial charge is 0.315 e. The summed E-state index contributed by atoms with van der Waals surface area (Å²) in [6.07, 6.45) is 10.5. The van der Waals surface area contributed by atoms with Crippen molar-refractivity contribution >= 4 is 6.03 Å². The minimum absolute atomic E-state index is 0.0261. The summed E-state index contributed by atoms with van der Waals surface area (Å²) in [5, 5.41) is 6.24. The third-order valence-electron chi connectivity index (χ3n) is 5.92. The fourth-order valence-corrected chi connectivity index (χ4v) is 4.29. The highest BCUT2D eigenvalue weighted by molar-refractivity contribution is 5.74. The number of piperidine rings is 1. The average molecular weight is 323 g/mol. The van der Waals surface area contributed by atoms with E-state index in [1.54, 1.807) is 7.11 Å². The second-order valence-electron chi connectivity index (χ2n) is 7.64. The van der Waals surface area contributed by atoms with Crippen LogP contribution in [0.25, 0.3) is 0 Å². The molecular weight excluding hydrogens is 290 g/mol. The number of likely N-dealkylation sites (tertiary alicyclic amines) is 1. The van der Waals surface area contributed by atoms with E-state index >= 15 is 0 Å². The predicted molar refractivity (Wildman–Crippen MR) is 91.5 cm³/mol. The van der Waals surface area contributed by atoms with Gasteiger partial charge in [-0.1, -0.05) is 12.8 Å². The van der Waals surface area contributed by atoms with Gasteiger partial charge in [-0.25, -0.2) is 4.79 Å². The van der Waals surface area contributed by atoms with E-state index in [1.165, 1.54) is 32.1 Å². The van der Waals surface area contributed by atoms with Crippen molar-refractivity contribution in [1.82, 2.24) is 15.5 Å². The molecule has 2 saturated carbocycles. The van der Waals surface area contributed by atoms with Gasteiger partial charge in [0.05, 0.1) is 6.10 Å². The SMILES string of the molecule is COC1CCN(CCNC(=O)NC2CCCC(C3CC3)C2)CC1. The third-order valence-corrected chi connectivity index (χ3v) is 5.92. The molecule has 2 atom stereocenters. The topological polar surface area (TPSA) is 53.6 Å². The van der Waals surface area contributed by atoms with Crippen LogP contribution in [0.5, 0.6) is 0 Å². The molecule has 3 fully saturated rings. The molecule has 132 valence electrons. The second kappa shape index (κ2) is 8.34. The van der Waals surface area contributed by atoms with Crippen LogP contribution in [0, 0.1) is 11.8 Å². The Morgan fingerprint density at radius 1 is 1.09 bits per heavy atom. The summed E-state index contributed by atoms with van der Waals surface area (Å²) < 4.78 is 5.39. The van der Waals surface area contributed by atoms with Crippen LogP contribution in [-0.4, -0.2) is 56.4 Å². The molecule has 0 aromatic rings. The summed E-state index contributed by atoms with van der Waals surface area (Å²) in [4.78, 5) is 14.5. The first-order valence-corrected chi connectivity index (χ1v) is 9.54. The summed E-state index contributed by atoms with van der Waals surface area (Å²) in [6.45, 7) is 3.84. The molecule has 0 bridgehead atoms. The summed E-state index contributed by atoms with van der Waals surface area (Å²) in [7, 11) is 1.80. The normalized spacial score (nSPS) is 30.1. The molecule has 1 saturated heterocycles. The Balaban J connectivity index is 1.27. The van der Waals surface area contributed by atoms with Gasteiger partial charge < -0.3 is 20.3 Å². The summed E-state index contributed by atoms with van der Waals surface area (Å²) in [5.74, 6) is 1.84. The molecule has 3 aliphatic rings. The number of hydrogen-bond acceptors (Lipinski definition) is 3. The maximum atomic E-state index is 12.1. The molecule has 1 heterocycles. The fourth-order valence-electron chi connectivity index (χ4n) is 4.29. The van der Waals surface area contributed by atoms with Gasteiger partial charge in [0.25, 0.3) is 0 Å². The van der Waals surface area contributed by atoms with Crippen LogP contribution in [0.2, 0.25) is 0 Å². The van der Waals surface area contributed by atoms with E-state index in [0.29, 0.717) is 12.1 Å². The van der Waals surface area contributed by atoms with E-state index in [0.717, 1.165) is 57.3 Å². The number of hydrogen-bond donors (Lipinski definition) is 2. The Morgan fingerprint density at radius 3 is 2.57 bits per heavy atom. The molecule has 0 spiro atoms. The zero-order valence-corrected chi connectivity index (χ0v) is 14.6. The lowest BCUT2D eigenvalue weighted by atomic mass is 9.83. The highest BCUT2D eigenvalue weighted by atomic mass is 16.5. The number of ether oxygens (including phenoxy) is 1. The van der Waals surface area contributed by atoms with E-state index in [4.69, 9.17) is 4.74 Å². The third kappa shape index (κ3) is 5.35. The van der Waals surface area contributed by atoms with Gasteiger partial charge in [-0.15, -0.1) is 0 Å². The Labute approximate surface area is 140 Å². The standard InChI is InChI=1S/C18H33N3O2/c1-23-17-7-10-21(11-8-17)12-9-19-18(22)20-16-4-2-3-15(13-16)14-5-6-14/h14-17H,2-13H2,1H3,(H2,19,20,22). The molecule has 1 aliphatic heterocycles. The molecule has 0 radical (unpaired) electrons. The van der Waals surface area contributed by atoms with Crippen molar-refractivity contribution in [2.24, 2.45) is 11.8 Å². The lowest BCUT2D eigenvalue weighted by molar-refractivity contribution is 0.0416. The van der Waals surface area contributed by atoms with Crippen molar-refractivity contribution in [3.63, 3.8) is 0 Å². The minimum atomic E-state index is 0.0261. The van der Waals surface area contributed by atoms with E-state index in [-0.39, 0.29) is 6.03 Å². The van der Waals surface area contributed by atoms with E-state index < -0.39 is 0 Å². The van der Waals surface area contributed by atoms with Crippen LogP contribution in [0.15, 0.2) is 0 Å². The molecule has 2 unspecified atom stereocenters. The zero-order chi connectivity index (χ0) is 16.1. The number of carbonyl (C=O) groups is 1. The molecule has 0 aromatic carbocycles. The largest absolute Gasteiger partial charge is 0.381 e. The van der Waals surface area contributed by atoms with E-state index in [1.807, 2.05) is 0 Å². The number of urea groups is 1. The van der Waals surface area contributed by atoms with Crippen LogP contribution in [0.1, 0.15) is 51.4 Å². The van der Waals surface area contributed by atoms with Crippen molar-refractivity contribution in [3.8, 4) is 0 Å². The maximum Gasteiger partial charge on any atom is 0.315 e. The van der Waals surface area contributed by atoms with Gasteiger partial charge in [-0.3, -0.25) is 0 Å². The van der Waals surface area contributed by atoms with Crippen molar-refractivity contribution in [2.45, 2.75) is 63.5 Å². The monoisotopic (exact) mass is 323 g/mol. The van der Waals surface area contributed by atoms with Crippen LogP contribution in [-0.2, 0) is 4.74 Å². The molecule has 0 aromatic heterocycles. The van der Waals surface area contributed by atoms with Crippen LogP contribution >= 0.6 is 0 Å². The number of nitrogens with one attached hydrogen (secondary N) is 2. The van der Waals surface area contributed by atoms with Crippen molar-refractivity contribution < 1.29 is 9.53 Å². The predicted octanol–water partition coefficient (Wildman–Crippen LogP) is 2.37. The molecule has 5 heteroatoms. The van der Waals surface area contributed by atoms with E-state index in [2.05, 4.69) is 15.5 Å². The summed E-state index contributed by atoms with van der Waals surface area (Å²) >= 11 is 0.